The highest BCUT2D eigenvalue weighted by molar-refractivity contribution is 5.68. The highest BCUT2D eigenvalue weighted by Crippen LogP contribution is 1.94. The third-order valence-electron chi connectivity index (χ3n) is 0.813. The third kappa shape index (κ3) is 3.82. The minimum absolute atomic E-state index is 0.132. The highest BCUT2D eigenvalue weighted by Gasteiger charge is 2.09. The molecule has 0 heterocycles. The molecule has 5 heteroatoms. The fourth-order valence-electron chi connectivity index (χ4n) is 0.411. The predicted octanol–water partition coefficient (Wildman–Crippen LogP) is 0.00880. The van der Waals surface area contributed by atoms with Gasteiger partial charge in [0.2, 0.25) is 0 Å². The summed E-state index contributed by atoms with van der Waals surface area (Å²) in [5.74, 6) is 0. The summed E-state index contributed by atoms with van der Waals surface area (Å²) in [4.78, 5) is 19.9. The number of carbonyl (C=O) groups excluding carboxylic acids is 2. The predicted molar refractivity (Wildman–Crippen MR) is 31.1 cm³/mol. The summed E-state index contributed by atoms with van der Waals surface area (Å²) < 4.78 is 15.7. The van der Waals surface area contributed by atoms with Gasteiger partial charge in [-0.25, -0.2) is 4.79 Å². The monoisotopic (exact) mass is 149 g/mol. The zero-order chi connectivity index (χ0) is 7.98. The van der Waals surface area contributed by atoms with Crippen molar-refractivity contribution in [2.24, 2.45) is 5.73 Å². The lowest BCUT2D eigenvalue weighted by atomic mass is 10.3. The number of halogens is 1. The van der Waals surface area contributed by atoms with Crippen LogP contribution >= 0.6 is 0 Å². The lowest BCUT2D eigenvalue weighted by molar-refractivity contribution is -0.115. The Bertz CT molecular complexity index is 128. The number of rotatable bonds is 4. The maximum Gasteiger partial charge on any atom is 0.405 e. The van der Waals surface area contributed by atoms with E-state index in [0.29, 0.717) is 6.29 Å². The number of alkyl halides is 1. The van der Waals surface area contributed by atoms with E-state index < -0.39 is 18.9 Å². The van der Waals surface area contributed by atoms with Crippen LogP contribution in [0, 0.1) is 0 Å². The average molecular weight is 149 g/mol. The van der Waals surface area contributed by atoms with Gasteiger partial charge >= 0.3 is 6.09 Å². The van der Waals surface area contributed by atoms with Crippen LogP contribution in [0.1, 0.15) is 6.42 Å². The lowest BCUT2D eigenvalue weighted by Crippen LogP contribution is -2.24. The molecule has 0 radical (unpaired) electrons. The van der Waals surface area contributed by atoms with Gasteiger partial charge in [0.25, 0.3) is 0 Å². The molecule has 0 spiro atoms. The van der Waals surface area contributed by atoms with Gasteiger partial charge in [-0.15, -0.1) is 0 Å². The molecule has 0 unspecified atom stereocenters. The fraction of sp³-hybridized carbons (Fsp3) is 0.600. The number of aldehydes is 1. The summed E-state index contributed by atoms with van der Waals surface area (Å²) in [5, 5.41) is 0. The molecule has 10 heavy (non-hydrogen) atoms. The molecule has 1 atom stereocenters. The van der Waals surface area contributed by atoms with Crippen molar-refractivity contribution in [2.75, 3.05) is 6.67 Å². The number of nitrogens with two attached hydrogens (primary N) is 1. The first-order valence-electron chi connectivity index (χ1n) is 2.68. The van der Waals surface area contributed by atoms with Gasteiger partial charge in [0.1, 0.15) is 0 Å². The van der Waals surface area contributed by atoms with Crippen LogP contribution in [0.25, 0.3) is 0 Å². The Hall–Kier alpha value is -1.13. The van der Waals surface area contributed by atoms with Gasteiger partial charge in [-0.2, -0.15) is 0 Å². The molecule has 0 bridgehead atoms. The zero-order valence-electron chi connectivity index (χ0n) is 5.25. The first-order chi connectivity index (χ1) is 4.70. The van der Waals surface area contributed by atoms with E-state index >= 15 is 0 Å². The summed E-state index contributed by atoms with van der Waals surface area (Å²) in [6, 6.07) is 0. The smallest absolute Gasteiger partial charge is 0.405 e. The first kappa shape index (κ1) is 8.87. The molecule has 0 aromatic carbocycles. The molecule has 0 aliphatic carbocycles. The van der Waals surface area contributed by atoms with E-state index in [2.05, 4.69) is 10.5 Å². The number of hydrogen-bond acceptors (Lipinski definition) is 3. The average Bonchev–Trinajstić information content (AvgIpc) is 1.86. The quantitative estimate of drug-likeness (QED) is 0.572. The van der Waals surface area contributed by atoms with Crippen molar-refractivity contribution in [3.63, 3.8) is 0 Å². The second kappa shape index (κ2) is 4.72. The van der Waals surface area contributed by atoms with Crippen molar-refractivity contribution < 1.29 is 18.7 Å². The van der Waals surface area contributed by atoms with E-state index in [1.807, 2.05) is 0 Å². The Kier molecular flexibility index (Phi) is 4.19. The van der Waals surface area contributed by atoms with Gasteiger partial charge in [0.05, 0.1) is 6.67 Å². The van der Waals surface area contributed by atoms with Crippen molar-refractivity contribution >= 4 is 12.4 Å². The first-order valence-corrected chi connectivity index (χ1v) is 2.68. The van der Waals surface area contributed by atoms with Gasteiger partial charge < -0.3 is 10.5 Å². The second-order valence-corrected chi connectivity index (χ2v) is 1.59. The molecular formula is C5H8FNO3. The van der Waals surface area contributed by atoms with Crippen LogP contribution < -0.4 is 5.73 Å². The van der Waals surface area contributed by atoms with Crippen LogP contribution in [0.3, 0.4) is 0 Å². The van der Waals surface area contributed by atoms with Crippen molar-refractivity contribution in [1.29, 1.82) is 0 Å². The molecule has 2 N–H and O–H groups in total. The van der Waals surface area contributed by atoms with Crippen molar-refractivity contribution in [2.45, 2.75) is 12.5 Å². The van der Waals surface area contributed by atoms with E-state index in [-0.39, 0.29) is 6.42 Å². The molecule has 58 valence electrons. The molecule has 4 nitrogen and oxygen atoms in total. The normalized spacial score (nSPS) is 12.1. The topological polar surface area (TPSA) is 69.4 Å². The molecule has 0 aliphatic rings. The van der Waals surface area contributed by atoms with Crippen molar-refractivity contribution in [3.8, 4) is 0 Å². The molecule has 1 amide bonds. The minimum Gasteiger partial charge on any atom is -0.439 e. The summed E-state index contributed by atoms with van der Waals surface area (Å²) in [6.07, 6.45) is -1.90. The van der Waals surface area contributed by atoms with Gasteiger partial charge in [-0.1, -0.05) is 0 Å². The van der Waals surface area contributed by atoms with Gasteiger partial charge in [0, 0.05) is 6.42 Å². The van der Waals surface area contributed by atoms with Gasteiger partial charge in [0.15, 0.2) is 12.4 Å². The molecule has 0 saturated carbocycles. The largest absolute Gasteiger partial charge is 0.439 e. The minimum atomic E-state index is -1.06. The van der Waals surface area contributed by atoms with E-state index in [1.54, 1.807) is 0 Å². The SMILES string of the molecule is NC(=O)O[C@@H](C=O)CCF. The molecule has 0 rings (SSSR count). The van der Waals surface area contributed by atoms with E-state index in [9.17, 15) is 14.0 Å². The van der Waals surface area contributed by atoms with Gasteiger partial charge in [-0.05, 0) is 0 Å². The number of hydrogen-bond donors (Lipinski definition) is 1. The van der Waals surface area contributed by atoms with Crippen LogP contribution in [-0.2, 0) is 9.53 Å². The Balaban J connectivity index is 3.59. The standard InChI is InChI=1S/C5H8FNO3/c6-2-1-4(3-8)10-5(7)9/h3-4H,1-2H2,(H2,7,9)/t4-/m1/s1. The van der Waals surface area contributed by atoms with E-state index in [0.717, 1.165) is 0 Å². The summed E-state index contributed by atoms with van der Waals surface area (Å²) in [5.41, 5.74) is 4.56. The Labute approximate surface area is 57.1 Å². The summed E-state index contributed by atoms with van der Waals surface area (Å²) in [6.45, 7) is -0.712. The molecule has 0 fully saturated rings. The number of ether oxygens (including phenoxy) is 1. The molecule has 0 aliphatic heterocycles. The van der Waals surface area contributed by atoms with Crippen LogP contribution in [0.15, 0.2) is 0 Å². The number of amides is 1. The fourth-order valence-corrected chi connectivity index (χ4v) is 0.411. The van der Waals surface area contributed by atoms with Crippen LogP contribution in [-0.4, -0.2) is 25.2 Å². The van der Waals surface area contributed by atoms with Gasteiger partial charge in [-0.3, -0.25) is 9.18 Å². The van der Waals surface area contributed by atoms with E-state index in [4.69, 9.17) is 0 Å². The Morgan fingerprint density at radius 1 is 1.80 bits per heavy atom. The maximum atomic E-state index is 11.5. The Morgan fingerprint density at radius 3 is 2.70 bits per heavy atom. The van der Waals surface area contributed by atoms with E-state index in [1.165, 1.54) is 0 Å². The maximum absolute atomic E-state index is 11.5. The molecule has 0 aromatic heterocycles. The van der Waals surface area contributed by atoms with Crippen molar-refractivity contribution in [3.05, 3.63) is 0 Å². The number of primary amides is 1. The third-order valence-corrected chi connectivity index (χ3v) is 0.813. The summed E-state index contributed by atoms with van der Waals surface area (Å²) in [7, 11) is 0. The Morgan fingerprint density at radius 2 is 2.40 bits per heavy atom. The second-order valence-electron chi connectivity index (χ2n) is 1.59. The molecule has 0 aromatic rings. The summed E-state index contributed by atoms with van der Waals surface area (Å²) >= 11 is 0. The van der Waals surface area contributed by atoms with Crippen molar-refractivity contribution in [1.82, 2.24) is 0 Å². The highest BCUT2D eigenvalue weighted by atomic mass is 19.1. The van der Waals surface area contributed by atoms with Crippen LogP contribution in [0.5, 0.6) is 0 Å². The molecular weight excluding hydrogens is 141 g/mol. The van der Waals surface area contributed by atoms with Crippen LogP contribution in [0.4, 0.5) is 9.18 Å². The zero-order valence-corrected chi connectivity index (χ0v) is 5.25. The molecule has 0 saturated heterocycles. The lowest BCUT2D eigenvalue weighted by Gasteiger charge is -2.05. The van der Waals surface area contributed by atoms with Crippen LogP contribution in [0.2, 0.25) is 0 Å². The number of carbonyl (C=O) groups is 2.